The second-order valence-corrected chi connectivity index (χ2v) is 9.13. The molecule has 0 aliphatic rings. The van der Waals surface area contributed by atoms with Crippen LogP contribution in [0.4, 0.5) is 10.1 Å². The van der Waals surface area contributed by atoms with Crippen molar-refractivity contribution in [1.29, 1.82) is 0 Å². The number of nitrogens with one attached hydrogen (secondary N) is 1. The number of thioether (sulfide) groups is 1. The molecular weight excluding hydrogens is 427 g/mol. The average Bonchev–Trinajstić information content (AvgIpc) is 3.12. The third-order valence-electron chi connectivity index (χ3n) is 4.79. The van der Waals surface area contributed by atoms with Crippen LogP contribution in [0, 0.1) is 25.6 Å². The summed E-state index contributed by atoms with van der Waals surface area (Å²) in [5.74, 6) is 0.755. The van der Waals surface area contributed by atoms with E-state index in [1.54, 1.807) is 18.2 Å². The van der Waals surface area contributed by atoms with E-state index < -0.39 is 11.9 Å². The number of carbonyl (C=O) groups excluding carboxylic acids is 1. The van der Waals surface area contributed by atoms with Gasteiger partial charge in [-0.2, -0.15) is 0 Å². The SMILES string of the molecule is Cc1ccc(NC(=O)CSc2nnc(C(C)Oc3ccccc3F)n2CC(C)C)c(C)c1. The highest BCUT2D eigenvalue weighted by atomic mass is 32.2. The molecule has 1 atom stereocenters. The van der Waals surface area contributed by atoms with E-state index in [4.69, 9.17) is 4.74 Å². The van der Waals surface area contributed by atoms with Crippen LogP contribution in [-0.4, -0.2) is 26.4 Å². The lowest BCUT2D eigenvalue weighted by atomic mass is 10.1. The fourth-order valence-electron chi connectivity index (χ4n) is 3.30. The normalized spacial score (nSPS) is 12.1. The van der Waals surface area contributed by atoms with Gasteiger partial charge in [0, 0.05) is 12.2 Å². The van der Waals surface area contributed by atoms with Crippen molar-refractivity contribution in [2.24, 2.45) is 5.92 Å². The number of hydrogen-bond acceptors (Lipinski definition) is 5. The van der Waals surface area contributed by atoms with Gasteiger partial charge in [0.15, 0.2) is 28.7 Å². The van der Waals surface area contributed by atoms with Crippen LogP contribution in [0.25, 0.3) is 0 Å². The first-order valence-electron chi connectivity index (χ1n) is 10.6. The number of rotatable bonds is 9. The zero-order chi connectivity index (χ0) is 23.3. The van der Waals surface area contributed by atoms with Crippen molar-refractivity contribution in [3.05, 3.63) is 65.2 Å². The van der Waals surface area contributed by atoms with Crippen molar-refractivity contribution in [3.8, 4) is 5.75 Å². The molecule has 32 heavy (non-hydrogen) atoms. The van der Waals surface area contributed by atoms with E-state index in [2.05, 4.69) is 29.4 Å². The Morgan fingerprint density at radius 1 is 1.16 bits per heavy atom. The number of benzene rings is 2. The van der Waals surface area contributed by atoms with Gasteiger partial charge in [-0.3, -0.25) is 4.79 Å². The van der Waals surface area contributed by atoms with E-state index in [0.717, 1.165) is 16.8 Å². The number of amides is 1. The maximum atomic E-state index is 14.0. The Hall–Kier alpha value is -2.87. The van der Waals surface area contributed by atoms with Crippen LogP contribution in [0.5, 0.6) is 5.75 Å². The predicted molar refractivity (Wildman–Crippen MR) is 126 cm³/mol. The molecule has 1 N–H and O–H groups in total. The molecule has 3 rings (SSSR count). The molecule has 0 saturated carbocycles. The highest BCUT2D eigenvalue weighted by Crippen LogP contribution is 2.27. The molecule has 0 aliphatic carbocycles. The molecular formula is C24H29FN4O2S. The summed E-state index contributed by atoms with van der Waals surface area (Å²) >= 11 is 1.32. The van der Waals surface area contributed by atoms with Gasteiger partial charge in [0.05, 0.1) is 5.75 Å². The van der Waals surface area contributed by atoms with Crippen LogP contribution in [0.2, 0.25) is 0 Å². The first kappa shape index (κ1) is 23.8. The summed E-state index contributed by atoms with van der Waals surface area (Å²) in [7, 11) is 0. The fraction of sp³-hybridized carbons (Fsp3) is 0.375. The lowest BCUT2D eigenvalue weighted by molar-refractivity contribution is -0.113. The molecule has 3 aromatic rings. The molecule has 1 amide bonds. The van der Waals surface area contributed by atoms with Crippen LogP contribution in [0.1, 0.15) is 43.8 Å². The monoisotopic (exact) mass is 456 g/mol. The maximum absolute atomic E-state index is 14.0. The number of aryl methyl sites for hydroxylation is 2. The minimum Gasteiger partial charge on any atom is -0.480 e. The Morgan fingerprint density at radius 2 is 1.91 bits per heavy atom. The van der Waals surface area contributed by atoms with Gasteiger partial charge in [0.25, 0.3) is 0 Å². The quantitative estimate of drug-likeness (QED) is 0.427. The van der Waals surface area contributed by atoms with Gasteiger partial charge in [-0.1, -0.05) is 55.4 Å². The highest BCUT2D eigenvalue weighted by molar-refractivity contribution is 7.99. The highest BCUT2D eigenvalue weighted by Gasteiger charge is 2.22. The molecule has 6 nitrogen and oxygen atoms in total. The van der Waals surface area contributed by atoms with Gasteiger partial charge >= 0.3 is 0 Å². The number of ether oxygens (including phenoxy) is 1. The Balaban J connectivity index is 1.71. The summed E-state index contributed by atoms with van der Waals surface area (Å²) in [4.78, 5) is 12.5. The lowest BCUT2D eigenvalue weighted by Crippen LogP contribution is -2.17. The van der Waals surface area contributed by atoms with Crippen LogP contribution < -0.4 is 10.1 Å². The van der Waals surface area contributed by atoms with Crippen LogP contribution in [0.15, 0.2) is 47.6 Å². The van der Waals surface area contributed by atoms with Crippen molar-refractivity contribution in [3.63, 3.8) is 0 Å². The molecule has 0 spiro atoms. The van der Waals surface area contributed by atoms with Gasteiger partial charge in [0.1, 0.15) is 0 Å². The number of nitrogens with zero attached hydrogens (tertiary/aromatic N) is 3. The Kier molecular flexibility index (Phi) is 7.90. The van der Waals surface area contributed by atoms with E-state index >= 15 is 0 Å². The molecule has 1 aromatic heterocycles. The van der Waals surface area contributed by atoms with E-state index in [-0.39, 0.29) is 17.4 Å². The molecule has 0 fully saturated rings. The molecule has 1 heterocycles. The Labute approximate surface area is 192 Å². The third kappa shape index (κ3) is 6.09. The third-order valence-corrected chi connectivity index (χ3v) is 5.75. The molecule has 2 aromatic carbocycles. The number of carbonyl (C=O) groups is 1. The van der Waals surface area contributed by atoms with Crippen LogP contribution >= 0.6 is 11.8 Å². The molecule has 170 valence electrons. The van der Waals surface area contributed by atoms with E-state index in [1.165, 1.54) is 17.8 Å². The molecule has 0 saturated heterocycles. The Morgan fingerprint density at radius 3 is 2.59 bits per heavy atom. The second-order valence-electron chi connectivity index (χ2n) is 8.19. The Bertz CT molecular complexity index is 1080. The van der Waals surface area contributed by atoms with Gasteiger partial charge in [-0.05, 0) is 50.5 Å². The largest absolute Gasteiger partial charge is 0.480 e. The van der Waals surface area contributed by atoms with Gasteiger partial charge in [-0.15, -0.1) is 10.2 Å². The van der Waals surface area contributed by atoms with E-state index in [0.29, 0.717) is 23.4 Å². The predicted octanol–water partition coefficient (Wildman–Crippen LogP) is 5.56. The summed E-state index contributed by atoms with van der Waals surface area (Å²) in [6.07, 6.45) is -0.503. The number of para-hydroxylation sites is 1. The van der Waals surface area contributed by atoms with Gasteiger partial charge < -0.3 is 14.6 Å². The zero-order valence-electron chi connectivity index (χ0n) is 19.1. The average molecular weight is 457 g/mol. The van der Waals surface area contributed by atoms with Crippen molar-refractivity contribution >= 4 is 23.4 Å². The second kappa shape index (κ2) is 10.6. The minimum atomic E-state index is -0.503. The summed E-state index contributed by atoms with van der Waals surface area (Å²) in [5.41, 5.74) is 2.97. The molecule has 0 aliphatic heterocycles. The number of anilines is 1. The van der Waals surface area contributed by atoms with E-state index in [9.17, 15) is 9.18 Å². The van der Waals surface area contributed by atoms with Crippen LogP contribution in [0.3, 0.4) is 0 Å². The zero-order valence-corrected chi connectivity index (χ0v) is 19.9. The summed E-state index contributed by atoms with van der Waals surface area (Å²) in [6.45, 7) is 10.6. The first-order valence-corrected chi connectivity index (χ1v) is 11.6. The standard InChI is InChI=1S/C24H29FN4O2S/c1-15(2)13-29-23(18(5)31-21-9-7-6-8-19(21)25)27-28-24(29)32-14-22(30)26-20-11-10-16(3)12-17(20)4/h6-12,15,18H,13-14H2,1-5H3,(H,26,30). The molecule has 0 bridgehead atoms. The topological polar surface area (TPSA) is 69.0 Å². The smallest absolute Gasteiger partial charge is 0.234 e. The van der Waals surface area contributed by atoms with Crippen molar-refractivity contribution in [2.45, 2.75) is 52.4 Å². The fourth-order valence-corrected chi connectivity index (χ4v) is 4.05. The summed E-state index contributed by atoms with van der Waals surface area (Å²) < 4.78 is 21.8. The molecule has 0 radical (unpaired) electrons. The molecule has 8 heteroatoms. The molecule has 1 unspecified atom stereocenters. The number of aromatic nitrogens is 3. The summed E-state index contributed by atoms with van der Waals surface area (Å²) in [6, 6.07) is 12.2. The maximum Gasteiger partial charge on any atom is 0.234 e. The minimum absolute atomic E-state index is 0.113. The van der Waals surface area contributed by atoms with Gasteiger partial charge in [-0.25, -0.2) is 4.39 Å². The number of halogens is 1. The van der Waals surface area contributed by atoms with Crippen LogP contribution in [-0.2, 0) is 11.3 Å². The van der Waals surface area contributed by atoms with Crippen molar-refractivity contribution in [1.82, 2.24) is 14.8 Å². The van der Waals surface area contributed by atoms with E-state index in [1.807, 2.05) is 43.5 Å². The first-order chi connectivity index (χ1) is 15.2. The van der Waals surface area contributed by atoms with Gasteiger partial charge in [0.2, 0.25) is 5.91 Å². The number of hydrogen-bond donors (Lipinski definition) is 1. The van der Waals surface area contributed by atoms with Crippen molar-refractivity contribution in [2.75, 3.05) is 11.1 Å². The van der Waals surface area contributed by atoms with Crippen molar-refractivity contribution < 1.29 is 13.9 Å². The lowest BCUT2D eigenvalue weighted by Gasteiger charge is -2.18. The summed E-state index contributed by atoms with van der Waals surface area (Å²) in [5, 5.41) is 12.2.